The van der Waals surface area contributed by atoms with E-state index in [0.717, 1.165) is 16.2 Å². The van der Waals surface area contributed by atoms with Crippen molar-refractivity contribution in [2.24, 2.45) is 0 Å². The van der Waals surface area contributed by atoms with Crippen LogP contribution in [0.15, 0.2) is 59.5 Å². The average Bonchev–Trinajstić information content (AvgIpc) is 2.57. The van der Waals surface area contributed by atoms with Crippen molar-refractivity contribution in [1.29, 1.82) is 0 Å². The van der Waals surface area contributed by atoms with Gasteiger partial charge in [-0.3, -0.25) is 0 Å². The highest BCUT2D eigenvalue weighted by Crippen LogP contribution is 2.34. The molecule has 4 heteroatoms. The molecule has 0 aliphatic carbocycles. The van der Waals surface area contributed by atoms with Gasteiger partial charge in [0.15, 0.2) is 0 Å². The van der Waals surface area contributed by atoms with Gasteiger partial charge in [-0.25, -0.2) is 0 Å². The van der Waals surface area contributed by atoms with Gasteiger partial charge in [0, 0.05) is 10.6 Å². The summed E-state index contributed by atoms with van der Waals surface area (Å²) in [6.07, 6.45) is 0. The standard InChI is InChI=1S/C17H21NO2S/c1-18-17(12-19,14-8-4-3-5-9-14)13-21-16-11-7-6-10-15(16)20-2/h3-11,18-19H,12-13H2,1-2H3. The fourth-order valence-electron chi connectivity index (χ4n) is 2.21. The maximum absolute atomic E-state index is 9.93. The summed E-state index contributed by atoms with van der Waals surface area (Å²) < 4.78 is 5.38. The number of benzene rings is 2. The molecule has 0 radical (unpaired) electrons. The van der Waals surface area contributed by atoms with Crippen molar-refractivity contribution in [1.82, 2.24) is 5.32 Å². The third kappa shape index (κ3) is 3.59. The van der Waals surface area contributed by atoms with E-state index in [0.29, 0.717) is 5.75 Å². The van der Waals surface area contributed by atoms with Crippen LogP contribution in [-0.4, -0.2) is 31.6 Å². The highest BCUT2D eigenvalue weighted by atomic mass is 32.2. The fraction of sp³-hybridized carbons (Fsp3) is 0.294. The molecule has 112 valence electrons. The van der Waals surface area contributed by atoms with Gasteiger partial charge in [-0.1, -0.05) is 42.5 Å². The van der Waals surface area contributed by atoms with Crippen molar-refractivity contribution in [2.75, 3.05) is 26.5 Å². The summed E-state index contributed by atoms with van der Waals surface area (Å²) in [5, 5.41) is 13.2. The SMILES string of the molecule is CNC(CO)(CSc1ccccc1OC)c1ccccc1. The third-order valence-electron chi connectivity index (χ3n) is 3.62. The number of aliphatic hydroxyl groups is 1. The number of aliphatic hydroxyl groups excluding tert-OH is 1. The Bertz CT molecular complexity index is 556. The number of hydrogen-bond acceptors (Lipinski definition) is 4. The number of hydrogen-bond donors (Lipinski definition) is 2. The second-order valence-electron chi connectivity index (χ2n) is 4.80. The Morgan fingerprint density at radius 2 is 1.76 bits per heavy atom. The maximum atomic E-state index is 9.93. The van der Waals surface area contributed by atoms with Gasteiger partial charge < -0.3 is 15.2 Å². The summed E-state index contributed by atoms with van der Waals surface area (Å²) in [5.74, 6) is 1.57. The molecule has 0 spiro atoms. The average molecular weight is 303 g/mol. The van der Waals surface area contributed by atoms with Gasteiger partial charge in [0.1, 0.15) is 5.75 Å². The van der Waals surface area contributed by atoms with Crippen LogP contribution < -0.4 is 10.1 Å². The van der Waals surface area contributed by atoms with E-state index in [1.54, 1.807) is 18.9 Å². The van der Waals surface area contributed by atoms with Gasteiger partial charge in [-0.05, 0) is 24.7 Å². The molecule has 0 aliphatic heterocycles. The van der Waals surface area contributed by atoms with Crippen molar-refractivity contribution in [3.8, 4) is 5.75 Å². The predicted octanol–water partition coefficient (Wildman–Crippen LogP) is 2.89. The molecular formula is C17H21NO2S. The minimum absolute atomic E-state index is 0.0374. The number of para-hydroxylation sites is 1. The first-order valence-corrected chi connectivity index (χ1v) is 7.85. The fourth-order valence-corrected chi connectivity index (χ4v) is 3.48. The molecule has 1 unspecified atom stereocenters. The lowest BCUT2D eigenvalue weighted by molar-refractivity contribution is 0.187. The highest BCUT2D eigenvalue weighted by molar-refractivity contribution is 7.99. The Labute approximate surface area is 130 Å². The molecule has 2 rings (SSSR count). The lowest BCUT2D eigenvalue weighted by atomic mass is 9.93. The van der Waals surface area contributed by atoms with E-state index >= 15 is 0 Å². The van der Waals surface area contributed by atoms with Crippen LogP contribution in [0.4, 0.5) is 0 Å². The molecule has 0 aromatic heterocycles. The largest absolute Gasteiger partial charge is 0.496 e. The number of thioether (sulfide) groups is 1. The van der Waals surface area contributed by atoms with Gasteiger partial charge in [0.05, 0.1) is 19.3 Å². The summed E-state index contributed by atoms with van der Waals surface area (Å²) >= 11 is 1.68. The summed E-state index contributed by atoms with van der Waals surface area (Å²) in [7, 11) is 3.56. The van der Waals surface area contributed by atoms with E-state index in [1.807, 2.05) is 61.6 Å². The van der Waals surface area contributed by atoms with Gasteiger partial charge in [-0.15, -0.1) is 11.8 Å². The van der Waals surface area contributed by atoms with Gasteiger partial charge >= 0.3 is 0 Å². The first-order valence-electron chi connectivity index (χ1n) is 6.87. The number of likely N-dealkylation sites (N-methyl/N-ethyl adjacent to an activating group) is 1. The highest BCUT2D eigenvalue weighted by Gasteiger charge is 2.30. The third-order valence-corrected chi connectivity index (χ3v) is 4.90. The van der Waals surface area contributed by atoms with E-state index in [-0.39, 0.29) is 6.61 Å². The molecule has 0 heterocycles. The Morgan fingerprint density at radius 3 is 2.38 bits per heavy atom. The molecule has 0 fully saturated rings. The minimum atomic E-state index is -0.465. The number of rotatable bonds is 7. The van der Waals surface area contributed by atoms with Crippen molar-refractivity contribution in [2.45, 2.75) is 10.4 Å². The van der Waals surface area contributed by atoms with Crippen LogP contribution in [0.25, 0.3) is 0 Å². The Morgan fingerprint density at radius 1 is 1.10 bits per heavy atom. The lowest BCUT2D eigenvalue weighted by Crippen LogP contribution is -2.45. The van der Waals surface area contributed by atoms with Crippen LogP contribution in [-0.2, 0) is 5.54 Å². The number of methoxy groups -OCH3 is 1. The molecule has 21 heavy (non-hydrogen) atoms. The van der Waals surface area contributed by atoms with E-state index in [1.165, 1.54) is 0 Å². The molecule has 2 aromatic rings. The van der Waals surface area contributed by atoms with Gasteiger partial charge in [-0.2, -0.15) is 0 Å². The summed E-state index contributed by atoms with van der Waals surface area (Å²) in [6, 6.07) is 18.0. The zero-order chi connectivity index (χ0) is 15.1. The molecule has 0 saturated heterocycles. The Balaban J connectivity index is 2.21. The topological polar surface area (TPSA) is 41.5 Å². The molecule has 0 bridgehead atoms. The lowest BCUT2D eigenvalue weighted by Gasteiger charge is -2.32. The maximum Gasteiger partial charge on any atom is 0.132 e. The van der Waals surface area contributed by atoms with E-state index in [4.69, 9.17) is 4.74 Å². The van der Waals surface area contributed by atoms with E-state index < -0.39 is 5.54 Å². The number of nitrogens with one attached hydrogen (secondary N) is 1. The molecule has 2 aromatic carbocycles. The molecular weight excluding hydrogens is 282 g/mol. The first-order chi connectivity index (χ1) is 10.3. The second kappa shape index (κ2) is 7.50. The normalized spacial score (nSPS) is 13.7. The van der Waals surface area contributed by atoms with Crippen LogP contribution in [0, 0.1) is 0 Å². The zero-order valence-electron chi connectivity index (χ0n) is 12.4. The molecule has 0 saturated carbocycles. The van der Waals surface area contributed by atoms with Crippen LogP contribution in [0.1, 0.15) is 5.56 Å². The van der Waals surface area contributed by atoms with Crippen LogP contribution in [0.2, 0.25) is 0 Å². The van der Waals surface area contributed by atoms with Crippen molar-refractivity contribution < 1.29 is 9.84 Å². The minimum Gasteiger partial charge on any atom is -0.496 e. The van der Waals surface area contributed by atoms with Gasteiger partial charge in [0.2, 0.25) is 0 Å². The van der Waals surface area contributed by atoms with E-state index in [9.17, 15) is 5.11 Å². The molecule has 0 aliphatic rings. The summed E-state index contributed by atoms with van der Waals surface area (Å²) in [5.41, 5.74) is 0.615. The Kier molecular flexibility index (Phi) is 5.67. The van der Waals surface area contributed by atoms with E-state index in [2.05, 4.69) is 5.32 Å². The van der Waals surface area contributed by atoms with Crippen molar-refractivity contribution in [3.05, 3.63) is 60.2 Å². The molecule has 3 nitrogen and oxygen atoms in total. The quantitative estimate of drug-likeness (QED) is 0.772. The van der Waals surface area contributed by atoms with Crippen molar-refractivity contribution >= 4 is 11.8 Å². The summed E-state index contributed by atoms with van der Waals surface area (Å²) in [4.78, 5) is 1.07. The van der Waals surface area contributed by atoms with Crippen LogP contribution >= 0.6 is 11.8 Å². The molecule has 0 amide bonds. The zero-order valence-corrected chi connectivity index (χ0v) is 13.2. The van der Waals surface area contributed by atoms with Crippen molar-refractivity contribution in [3.63, 3.8) is 0 Å². The van der Waals surface area contributed by atoms with Gasteiger partial charge in [0.25, 0.3) is 0 Å². The second-order valence-corrected chi connectivity index (χ2v) is 5.81. The summed E-state index contributed by atoms with van der Waals surface area (Å²) in [6.45, 7) is 0.0374. The molecule has 1 atom stereocenters. The first kappa shape index (κ1) is 15.9. The van der Waals surface area contributed by atoms with Crippen LogP contribution in [0.3, 0.4) is 0 Å². The predicted molar refractivity (Wildman–Crippen MR) is 88.0 cm³/mol. The number of ether oxygens (including phenoxy) is 1. The molecule has 2 N–H and O–H groups in total. The smallest absolute Gasteiger partial charge is 0.132 e. The Hall–Kier alpha value is -1.49. The monoisotopic (exact) mass is 303 g/mol. The van der Waals surface area contributed by atoms with Crippen LogP contribution in [0.5, 0.6) is 5.75 Å².